The summed E-state index contributed by atoms with van der Waals surface area (Å²) in [6.45, 7) is 6.46. The molecule has 2 saturated carbocycles. The number of nitrogens with one attached hydrogen (secondary N) is 5. The lowest BCUT2D eigenvalue weighted by atomic mass is 9.96. The number of carbonyl (C=O) groups is 4. The molecule has 0 radical (unpaired) electrons. The number of benzene rings is 2. The normalized spacial score (nSPS) is 21.6. The molecule has 3 heterocycles. The minimum absolute atomic E-state index is 0.0180. The van der Waals surface area contributed by atoms with Crippen LogP contribution in [0.2, 0.25) is 0 Å². The van der Waals surface area contributed by atoms with Gasteiger partial charge in [-0.15, -0.1) is 22.7 Å². The summed E-state index contributed by atoms with van der Waals surface area (Å²) in [6, 6.07) is 24.3. The molecule has 6 atom stereocenters. The molecule has 4 aliphatic rings. The van der Waals surface area contributed by atoms with Crippen molar-refractivity contribution in [2.45, 2.75) is 123 Å². The van der Waals surface area contributed by atoms with Gasteiger partial charge in [-0.1, -0.05) is 60.7 Å². The smallest absolute Gasteiger partial charge is 0.242 e. The van der Waals surface area contributed by atoms with Crippen LogP contribution < -0.4 is 26.6 Å². The van der Waals surface area contributed by atoms with E-state index in [1.54, 1.807) is 25.2 Å². The van der Waals surface area contributed by atoms with Crippen molar-refractivity contribution in [3.05, 3.63) is 115 Å². The van der Waals surface area contributed by atoms with Crippen molar-refractivity contribution in [2.24, 2.45) is 23.7 Å². The maximum absolute atomic E-state index is 12.6. The Labute approximate surface area is 351 Å². The number of carbonyl (C=O) groups excluding carboxylic acids is 4. The fourth-order valence-corrected chi connectivity index (χ4v) is 11.3. The highest BCUT2D eigenvalue weighted by Crippen LogP contribution is 2.35. The standard InChI is InChI=1S/C24H30N2O2S.C23H29N3O2S/c1-16(23(27)25-15-21-14-19-8-5-9-22(19)29-21)26-24(28)20-11-10-18(13-20)12-17-6-3-2-4-7-17;1-15(22(27)25-13-20-11-19-12-24-14-21(19)29-20)26-23(28)18-8-7-17(10-18)9-16-5-3-2-4-6-16/h2-4,6-7,14,16,18,20H,5,8-13,15H2,1H3,(H,25,27)(H,26,28);2-6,11,15,17-18,24H,7-10,12-14H2,1H3,(H,25,27)(H,26,28)/t16-,18-,20+;15-,17-,18+/m00/s1. The summed E-state index contributed by atoms with van der Waals surface area (Å²) in [5.41, 5.74) is 5.46. The zero-order valence-electron chi connectivity index (χ0n) is 33.9. The van der Waals surface area contributed by atoms with Gasteiger partial charge in [-0.25, -0.2) is 0 Å². The van der Waals surface area contributed by atoms with Crippen LogP contribution in [-0.4, -0.2) is 35.7 Å². The Morgan fingerprint density at radius 3 is 1.64 bits per heavy atom. The second kappa shape index (κ2) is 20.1. The monoisotopic (exact) mass is 821 g/mol. The van der Waals surface area contributed by atoms with Gasteiger partial charge in [-0.05, 0) is 131 Å². The Balaban J connectivity index is 0.000000177. The molecule has 2 aromatic carbocycles. The molecule has 9 nitrogen and oxygen atoms in total. The molecule has 2 fully saturated rings. The topological polar surface area (TPSA) is 128 Å². The van der Waals surface area contributed by atoms with E-state index in [4.69, 9.17) is 0 Å². The number of aryl methyl sites for hydroxylation is 2. The van der Waals surface area contributed by atoms with Crippen molar-refractivity contribution in [3.63, 3.8) is 0 Å². The van der Waals surface area contributed by atoms with Crippen LogP contribution in [0.1, 0.15) is 101 Å². The molecule has 3 aliphatic carbocycles. The zero-order chi connectivity index (χ0) is 40.4. The summed E-state index contributed by atoms with van der Waals surface area (Å²) in [7, 11) is 0. The van der Waals surface area contributed by atoms with Gasteiger partial charge in [0.2, 0.25) is 23.6 Å². The Morgan fingerprint density at radius 1 is 0.638 bits per heavy atom. The number of hydrogen-bond donors (Lipinski definition) is 5. The lowest BCUT2D eigenvalue weighted by molar-refractivity contribution is -0.130. The van der Waals surface area contributed by atoms with Crippen LogP contribution in [0, 0.1) is 23.7 Å². The number of thiophene rings is 2. The van der Waals surface area contributed by atoms with E-state index in [2.05, 4.69) is 87.2 Å². The predicted molar refractivity (Wildman–Crippen MR) is 232 cm³/mol. The largest absolute Gasteiger partial charge is 0.349 e. The van der Waals surface area contributed by atoms with E-state index in [0.717, 1.165) is 64.5 Å². The highest BCUT2D eigenvalue weighted by Gasteiger charge is 2.33. The first kappa shape index (κ1) is 41.8. The van der Waals surface area contributed by atoms with Gasteiger partial charge >= 0.3 is 0 Å². The molecule has 0 bridgehead atoms. The molecule has 0 unspecified atom stereocenters. The van der Waals surface area contributed by atoms with Gasteiger partial charge < -0.3 is 26.6 Å². The Kier molecular flexibility index (Phi) is 14.5. The first-order valence-electron chi connectivity index (χ1n) is 21.3. The van der Waals surface area contributed by atoms with Crippen LogP contribution in [0.25, 0.3) is 0 Å². The third kappa shape index (κ3) is 11.4. The summed E-state index contributed by atoms with van der Waals surface area (Å²) in [5, 5.41) is 15.1. The molecule has 4 aromatic rings. The van der Waals surface area contributed by atoms with E-state index < -0.39 is 12.1 Å². The minimum Gasteiger partial charge on any atom is -0.349 e. The van der Waals surface area contributed by atoms with Crippen LogP contribution in [0.3, 0.4) is 0 Å². The van der Waals surface area contributed by atoms with E-state index in [1.807, 2.05) is 23.5 Å². The number of hydrogen-bond acceptors (Lipinski definition) is 7. The maximum Gasteiger partial charge on any atom is 0.242 e. The molecule has 5 N–H and O–H groups in total. The molecule has 308 valence electrons. The third-order valence-electron chi connectivity index (χ3n) is 12.3. The fourth-order valence-electron chi connectivity index (χ4n) is 9.04. The SMILES string of the molecule is C[C@H](NC(=O)[C@@H]1CC[C@@H](Cc2ccccc2)C1)C(=O)NCc1cc2c(s1)CCC2.C[C@H](NC(=O)[C@@H]1CC[C@@H](Cc2ccccc2)C1)C(=O)NCc1cc2c(s1)CNC2. The molecule has 0 saturated heterocycles. The van der Waals surface area contributed by atoms with Gasteiger partial charge in [-0.3, -0.25) is 19.2 Å². The second-order valence-corrected chi connectivity index (χ2v) is 19.2. The van der Waals surface area contributed by atoms with Crippen molar-refractivity contribution in [1.29, 1.82) is 0 Å². The van der Waals surface area contributed by atoms with Crippen molar-refractivity contribution in [3.8, 4) is 0 Å². The van der Waals surface area contributed by atoms with E-state index in [0.29, 0.717) is 24.9 Å². The average Bonchev–Trinajstić information content (AvgIpc) is 4.08. The van der Waals surface area contributed by atoms with Gasteiger partial charge in [0.25, 0.3) is 0 Å². The van der Waals surface area contributed by atoms with Crippen LogP contribution in [0.5, 0.6) is 0 Å². The third-order valence-corrected chi connectivity index (χ3v) is 14.7. The molecular weight excluding hydrogens is 763 g/mol. The van der Waals surface area contributed by atoms with Gasteiger partial charge in [0.1, 0.15) is 12.1 Å². The van der Waals surface area contributed by atoms with E-state index in [-0.39, 0.29) is 35.5 Å². The minimum atomic E-state index is -0.510. The number of rotatable bonds is 14. The highest BCUT2D eigenvalue weighted by molar-refractivity contribution is 7.12. The quantitative estimate of drug-likeness (QED) is 0.0924. The van der Waals surface area contributed by atoms with Crippen molar-refractivity contribution in [2.75, 3.05) is 0 Å². The van der Waals surface area contributed by atoms with Crippen LogP contribution in [0.4, 0.5) is 0 Å². The Morgan fingerprint density at radius 2 is 1.14 bits per heavy atom. The van der Waals surface area contributed by atoms with Gasteiger partial charge in [0.15, 0.2) is 0 Å². The Bertz CT molecular complexity index is 1830. The van der Waals surface area contributed by atoms with Crippen molar-refractivity contribution in [1.82, 2.24) is 26.6 Å². The molecular formula is C47H59N5O4S2. The number of amides is 4. The number of fused-ring (bicyclic) bond motifs is 2. The lowest BCUT2D eigenvalue weighted by Crippen LogP contribution is -2.46. The zero-order valence-corrected chi connectivity index (χ0v) is 35.6. The van der Waals surface area contributed by atoms with Crippen LogP contribution >= 0.6 is 22.7 Å². The Hall–Kier alpha value is -4.32. The van der Waals surface area contributed by atoms with Gasteiger partial charge in [-0.2, -0.15) is 0 Å². The molecule has 2 aromatic heterocycles. The second-order valence-electron chi connectivity index (χ2n) is 16.8. The van der Waals surface area contributed by atoms with E-state index >= 15 is 0 Å². The molecule has 0 spiro atoms. The molecule has 1 aliphatic heterocycles. The molecule has 4 amide bonds. The molecule has 58 heavy (non-hydrogen) atoms. The summed E-state index contributed by atoms with van der Waals surface area (Å²) >= 11 is 3.56. The van der Waals surface area contributed by atoms with E-state index in [1.165, 1.54) is 61.0 Å². The van der Waals surface area contributed by atoms with Crippen LogP contribution in [-0.2, 0) is 71.0 Å². The van der Waals surface area contributed by atoms with Gasteiger partial charge in [0.05, 0.1) is 13.1 Å². The summed E-state index contributed by atoms with van der Waals surface area (Å²) in [5.74, 6) is 0.967. The highest BCUT2D eigenvalue weighted by atomic mass is 32.1. The average molecular weight is 822 g/mol. The predicted octanol–water partition coefficient (Wildman–Crippen LogP) is 7.15. The lowest BCUT2D eigenvalue weighted by Gasteiger charge is -2.17. The van der Waals surface area contributed by atoms with Crippen molar-refractivity contribution >= 4 is 46.3 Å². The van der Waals surface area contributed by atoms with Crippen LogP contribution in [0.15, 0.2) is 72.8 Å². The first-order valence-corrected chi connectivity index (χ1v) is 23.0. The van der Waals surface area contributed by atoms with E-state index in [9.17, 15) is 19.2 Å². The van der Waals surface area contributed by atoms with Crippen molar-refractivity contribution < 1.29 is 19.2 Å². The summed E-state index contributed by atoms with van der Waals surface area (Å²) < 4.78 is 0. The summed E-state index contributed by atoms with van der Waals surface area (Å²) in [6.07, 6.45) is 11.5. The summed E-state index contributed by atoms with van der Waals surface area (Å²) in [4.78, 5) is 55.3. The maximum atomic E-state index is 12.6. The molecule has 11 heteroatoms. The molecule has 8 rings (SSSR count). The van der Waals surface area contributed by atoms with Gasteiger partial charge in [0, 0.05) is 44.4 Å². The fraction of sp³-hybridized carbons (Fsp3) is 0.489. The first-order chi connectivity index (χ1) is 28.2.